The van der Waals surface area contributed by atoms with E-state index in [2.05, 4.69) is 25.5 Å². The Morgan fingerprint density at radius 2 is 1.77 bits per heavy atom. The lowest BCUT2D eigenvalue weighted by molar-refractivity contribution is -0.139. The van der Waals surface area contributed by atoms with Gasteiger partial charge in [-0.25, -0.2) is 4.79 Å². The van der Waals surface area contributed by atoms with Crippen molar-refractivity contribution in [2.24, 2.45) is 5.73 Å². The quantitative estimate of drug-likeness (QED) is 0.450. The van der Waals surface area contributed by atoms with Crippen molar-refractivity contribution in [2.45, 2.75) is 13.0 Å². The van der Waals surface area contributed by atoms with E-state index < -0.39 is 5.91 Å². The summed E-state index contributed by atoms with van der Waals surface area (Å²) in [5.41, 5.74) is 4.97. The summed E-state index contributed by atoms with van der Waals surface area (Å²) in [5.74, 6) is -0.875. The minimum absolute atomic E-state index is 0.0556. The number of carbonyl (C=O) groups excluding carboxylic acids is 3. The summed E-state index contributed by atoms with van der Waals surface area (Å²) in [6.07, 6.45) is 2.48. The molecule has 0 saturated carbocycles. The van der Waals surface area contributed by atoms with Crippen LogP contribution in [0.3, 0.4) is 0 Å². The molecule has 2 amide bonds. The van der Waals surface area contributed by atoms with E-state index in [9.17, 15) is 14.4 Å². The molecule has 1 rings (SSSR count). The summed E-state index contributed by atoms with van der Waals surface area (Å²) in [7, 11) is 3.37. The zero-order valence-corrected chi connectivity index (χ0v) is 13.3. The van der Waals surface area contributed by atoms with Crippen LogP contribution in [-0.4, -0.2) is 56.1 Å². The van der Waals surface area contributed by atoms with E-state index in [0.29, 0.717) is 18.8 Å². The average molecular weight is 312 g/mol. The largest absolute Gasteiger partial charge is 0.459 e. The highest BCUT2D eigenvalue weighted by molar-refractivity contribution is 5.87. The van der Waals surface area contributed by atoms with Crippen LogP contribution in [-0.2, 0) is 23.9 Å². The number of hydrogen-bond acceptors (Lipinski definition) is 5. The fraction of sp³-hybridized carbons (Fsp3) is 0.400. The third-order valence-electron chi connectivity index (χ3n) is 1.97. The minimum atomic E-state index is -0.481. The van der Waals surface area contributed by atoms with Gasteiger partial charge in [-0.15, -0.1) is 0 Å². The molecular formula is C15H24N2O5. The van der Waals surface area contributed by atoms with E-state index in [1.54, 1.807) is 21.0 Å². The van der Waals surface area contributed by atoms with Crippen molar-refractivity contribution in [3.63, 3.8) is 0 Å². The van der Waals surface area contributed by atoms with Gasteiger partial charge in [0.15, 0.2) is 0 Å². The Morgan fingerprint density at radius 3 is 1.95 bits per heavy atom. The van der Waals surface area contributed by atoms with E-state index in [1.807, 2.05) is 0 Å². The fourth-order valence-corrected chi connectivity index (χ4v) is 0.639. The van der Waals surface area contributed by atoms with Crippen molar-refractivity contribution in [3.8, 4) is 0 Å². The van der Waals surface area contributed by atoms with Gasteiger partial charge in [0.05, 0.1) is 6.61 Å². The highest BCUT2D eigenvalue weighted by Gasteiger charge is 2.24. The third-order valence-corrected chi connectivity index (χ3v) is 1.97. The van der Waals surface area contributed by atoms with Crippen LogP contribution >= 0.6 is 0 Å². The first-order valence-corrected chi connectivity index (χ1v) is 6.35. The topological polar surface area (TPSA) is 102 Å². The van der Waals surface area contributed by atoms with Crippen LogP contribution in [0.15, 0.2) is 37.5 Å². The number of primary amides is 1. The van der Waals surface area contributed by atoms with Crippen LogP contribution in [0.4, 0.5) is 0 Å². The first-order valence-electron chi connectivity index (χ1n) is 6.35. The van der Waals surface area contributed by atoms with E-state index in [-0.39, 0.29) is 18.0 Å². The summed E-state index contributed by atoms with van der Waals surface area (Å²) in [4.78, 5) is 32.0. The molecule has 1 atom stereocenters. The molecule has 2 N–H and O–H groups in total. The van der Waals surface area contributed by atoms with Crippen molar-refractivity contribution >= 4 is 17.8 Å². The van der Waals surface area contributed by atoms with Gasteiger partial charge in [-0.1, -0.05) is 19.7 Å². The molecule has 1 fully saturated rings. The smallest absolute Gasteiger partial charge is 0.333 e. The number of nitrogens with two attached hydrogens (primary N) is 1. The molecule has 0 aromatic heterocycles. The average Bonchev–Trinajstić information content (AvgIpc) is 3.28. The van der Waals surface area contributed by atoms with Crippen molar-refractivity contribution in [2.75, 3.05) is 27.3 Å². The molecule has 0 radical (unpaired) electrons. The van der Waals surface area contributed by atoms with Crippen LogP contribution in [0.25, 0.3) is 0 Å². The molecule has 0 spiro atoms. The number of carbonyl (C=O) groups is 3. The lowest BCUT2D eigenvalue weighted by Gasteiger charge is -2.03. The molecule has 0 aliphatic carbocycles. The Bertz CT molecular complexity index is 426. The number of epoxide rings is 1. The van der Waals surface area contributed by atoms with E-state index in [1.165, 1.54) is 11.0 Å². The molecule has 0 aromatic carbocycles. The first-order chi connectivity index (χ1) is 10.1. The molecule has 22 heavy (non-hydrogen) atoms. The highest BCUT2D eigenvalue weighted by Crippen LogP contribution is 2.09. The maximum Gasteiger partial charge on any atom is 0.333 e. The van der Waals surface area contributed by atoms with Gasteiger partial charge in [0.2, 0.25) is 11.8 Å². The Labute approximate surface area is 131 Å². The number of likely N-dealkylation sites (N-methyl/N-ethyl adjacent to an activating group) is 1. The van der Waals surface area contributed by atoms with Gasteiger partial charge in [0, 0.05) is 19.7 Å². The predicted octanol–water partition coefficient (Wildman–Crippen LogP) is 0.423. The van der Waals surface area contributed by atoms with E-state index in [0.717, 1.165) is 6.08 Å². The van der Waals surface area contributed by atoms with Gasteiger partial charge in [-0.05, 0) is 19.1 Å². The minimum Gasteiger partial charge on any atom is -0.459 e. The summed E-state index contributed by atoms with van der Waals surface area (Å²) in [5, 5.41) is 0. The van der Waals surface area contributed by atoms with Crippen molar-refractivity contribution in [3.05, 3.63) is 37.5 Å². The number of amides is 2. The van der Waals surface area contributed by atoms with E-state index in [4.69, 9.17) is 9.47 Å². The monoisotopic (exact) mass is 312 g/mol. The molecule has 124 valence electrons. The molecule has 1 unspecified atom stereocenters. The van der Waals surface area contributed by atoms with Gasteiger partial charge in [0.25, 0.3) is 0 Å². The lowest BCUT2D eigenvalue weighted by Crippen LogP contribution is -2.18. The summed E-state index contributed by atoms with van der Waals surface area (Å²) in [6, 6.07) is 0. The van der Waals surface area contributed by atoms with Crippen molar-refractivity contribution in [1.82, 2.24) is 4.90 Å². The van der Waals surface area contributed by atoms with Gasteiger partial charge >= 0.3 is 5.97 Å². The van der Waals surface area contributed by atoms with Gasteiger partial charge in [-0.3, -0.25) is 9.59 Å². The van der Waals surface area contributed by atoms with Gasteiger partial charge in [0.1, 0.15) is 12.7 Å². The van der Waals surface area contributed by atoms with Crippen molar-refractivity contribution < 1.29 is 23.9 Å². The highest BCUT2D eigenvalue weighted by atomic mass is 16.6. The predicted molar refractivity (Wildman–Crippen MR) is 83.8 cm³/mol. The summed E-state index contributed by atoms with van der Waals surface area (Å²) >= 11 is 0. The second-order valence-corrected chi connectivity index (χ2v) is 4.38. The second-order valence-electron chi connectivity index (χ2n) is 4.38. The maximum absolute atomic E-state index is 10.7. The second kappa shape index (κ2) is 12.3. The number of rotatable bonds is 5. The van der Waals surface area contributed by atoms with Crippen LogP contribution in [0.1, 0.15) is 6.92 Å². The normalized spacial score (nSPS) is 13.9. The molecular weight excluding hydrogens is 288 g/mol. The molecule has 7 nitrogen and oxygen atoms in total. The first kappa shape index (κ1) is 21.9. The van der Waals surface area contributed by atoms with Crippen LogP contribution in [0.5, 0.6) is 0 Å². The van der Waals surface area contributed by atoms with Crippen LogP contribution in [0, 0.1) is 0 Å². The number of esters is 1. The molecule has 1 saturated heterocycles. The Hall–Kier alpha value is -2.41. The Kier molecular flexibility index (Phi) is 12.3. The Balaban J connectivity index is 0. The molecule has 0 aromatic rings. The summed E-state index contributed by atoms with van der Waals surface area (Å²) in [6.45, 7) is 12.5. The fourth-order valence-electron chi connectivity index (χ4n) is 0.639. The Morgan fingerprint density at radius 1 is 1.32 bits per heavy atom. The zero-order chi connectivity index (χ0) is 17.7. The van der Waals surface area contributed by atoms with Crippen LogP contribution < -0.4 is 5.73 Å². The molecule has 1 aliphatic rings. The van der Waals surface area contributed by atoms with Crippen LogP contribution in [0.2, 0.25) is 0 Å². The zero-order valence-electron chi connectivity index (χ0n) is 13.3. The molecule has 7 heteroatoms. The van der Waals surface area contributed by atoms with Crippen molar-refractivity contribution in [1.29, 1.82) is 0 Å². The number of hydrogen-bond donors (Lipinski definition) is 1. The molecule has 0 bridgehead atoms. The van der Waals surface area contributed by atoms with Gasteiger partial charge in [-0.2, -0.15) is 0 Å². The maximum atomic E-state index is 10.7. The third kappa shape index (κ3) is 15.6. The van der Waals surface area contributed by atoms with Gasteiger partial charge < -0.3 is 20.1 Å². The summed E-state index contributed by atoms with van der Waals surface area (Å²) < 4.78 is 9.60. The molecule has 1 heterocycles. The van der Waals surface area contributed by atoms with E-state index >= 15 is 0 Å². The number of nitrogens with zero attached hydrogens (tertiary/aromatic N) is 1. The SMILES string of the molecule is C=C(C)C(=O)OCC1CO1.C=CC(=O)N(C)C.C=CC(N)=O. The molecule has 1 aliphatic heterocycles. The lowest BCUT2D eigenvalue weighted by atomic mass is 10.4. The standard InChI is InChI=1S/C7H10O3.C5H9NO.C3H5NO/c1-5(2)7(8)10-4-6-3-9-6;1-4-5(7)6(2)3;1-2-3(4)5/h6H,1,3-4H2,2H3;4H,1H2,2-3H3;2H,1H2,(H2,4,5). The number of ether oxygens (including phenoxy) is 2.